The number of aromatic nitrogens is 4. The van der Waals surface area contributed by atoms with Crippen molar-refractivity contribution >= 4 is 17.1 Å². The SMILES string of the molecule is Cn1c(-c2ccccc2)c(C(=O)N2CC3CC3(COc3cccnc3C(F)(F)F)C2)c2nccnc21. The molecule has 4 aromatic rings. The Balaban J connectivity index is 1.28. The van der Waals surface area contributed by atoms with E-state index in [0.29, 0.717) is 29.8 Å². The lowest BCUT2D eigenvalue weighted by molar-refractivity contribution is -0.142. The monoisotopic (exact) mass is 493 g/mol. The standard InChI is InChI=1S/C26H22F3N5O2/c1-33-21(16-6-3-2-4-7-16)19(20-23(33)32-11-10-30-20)24(35)34-13-17-12-25(17,14-34)15-36-18-8-5-9-31-22(18)26(27,28)29/h2-11,17H,12-15H2,1H3. The van der Waals surface area contributed by atoms with Crippen molar-refractivity contribution in [2.24, 2.45) is 18.4 Å². The van der Waals surface area contributed by atoms with Gasteiger partial charge in [0.25, 0.3) is 5.91 Å². The molecule has 184 valence electrons. The lowest BCUT2D eigenvalue weighted by Gasteiger charge is -2.22. The molecule has 1 aromatic carbocycles. The van der Waals surface area contributed by atoms with Crippen molar-refractivity contribution < 1.29 is 22.7 Å². The van der Waals surface area contributed by atoms with Crippen LogP contribution in [0.1, 0.15) is 22.5 Å². The maximum absolute atomic E-state index is 13.9. The molecule has 2 fully saturated rings. The van der Waals surface area contributed by atoms with Gasteiger partial charge in [0.1, 0.15) is 11.3 Å². The Morgan fingerprint density at radius 2 is 1.86 bits per heavy atom. The maximum Gasteiger partial charge on any atom is 0.437 e. The molecule has 36 heavy (non-hydrogen) atoms. The molecule has 2 atom stereocenters. The van der Waals surface area contributed by atoms with Crippen LogP contribution in [0.25, 0.3) is 22.4 Å². The van der Waals surface area contributed by atoms with E-state index in [1.807, 2.05) is 41.9 Å². The quantitative estimate of drug-likeness (QED) is 0.407. The van der Waals surface area contributed by atoms with Crippen molar-refractivity contribution in [2.75, 3.05) is 19.7 Å². The number of aryl methyl sites for hydroxylation is 1. The molecule has 2 aliphatic rings. The molecule has 1 aliphatic carbocycles. The van der Waals surface area contributed by atoms with Gasteiger partial charge in [0, 0.05) is 44.1 Å². The predicted molar refractivity (Wildman–Crippen MR) is 125 cm³/mol. The summed E-state index contributed by atoms with van der Waals surface area (Å²) in [5, 5.41) is 0. The van der Waals surface area contributed by atoms with Crippen LogP contribution in [0.3, 0.4) is 0 Å². The summed E-state index contributed by atoms with van der Waals surface area (Å²) in [5.74, 6) is -0.275. The summed E-state index contributed by atoms with van der Waals surface area (Å²) in [6.45, 7) is 1.02. The second-order valence-corrected chi connectivity index (χ2v) is 9.46. The Morgan fingerprint density at radius 3 is 2.64 bits per heavy atom. The lowest BCUT2D eigenvalue weighted by Crippen LogP contribution is -2.33. The van der Waals surface area contributed by atoms with Crippen molar-refractivity contribution in [3.63, 3.8) is 0 Å². The van der Waals surface area contributed by atoms with Crippen molar-refractivity contribution in [2.45, 2.75) is 12.6 Å². The van der Waals surface area contributed by atoms with Crippen LogP contribution >= 0.6 is 0 Å². The lowest BCUT2D eigenvalue weighted by atomic mass is 10.1. The minimum absolute atomic E-state index is 0.0944. The number of halogens is 3. The van der Waals surface area contributed by atoms with Crippen molar-refractivity contribution in [1.82, 2.24) is 24.4 Å². The van der Waals surface area contributed by atoms with Gasteiger partial charge in [-0.3, -0.25) is 9.78 Å². The van der Waals surface area contributed by atoms with E-state index in [4.69, 9.17) is 4.74 Å². The first-order valence-electron chi connectivity index (χ1n) is 11.6. The summed E-state index contributed by atoms with van der Waals surface area (Å²) in [5.41, 5.74) is 1.83. The van der Waals surface area contributed by atoms with Crippen LogP contribution < -0.4 is 4.74 Å². The van der Waals surface area contributed by atoms with Crippen LogP contribution in [0.5, 0.6) is 5.75 Å². The summed E-state index contributed by atoms with van der Waals surface area (Å²) in [6.07, 6.45) is 0.464. The summed E-state index contributed by atoms with van der Waals surface area (Å²) in [7, 11) is 1.86. The average Bonchev–Trinajstić information content (AvgIpc) is 3.29. The third kappa shape index (κ3) is 3.59. The van der Waals surface area contributed by atoms with Crippen molar-refractivity contribution in [1.29, 1.82) is 0 Å². The number of pyridine rings is 1. The number of rotatable bonds is 5. The number of nitrogens with zero attached hydrogens (tertiary/aromatic N) is 5. The van der Waals surface area contributed by atoms with E-state index in [2.05, 4.69) is 15.0 Å². The predicted octanol–water partition coefficient (Wildman–Crippen LogP) is 4.59. The molecule has 0 N–H and O–H groups in total. The van der Waals surface area contributed by atoms with Gasteiger partial charge in [0.05, 0.1) is 17.9 Å². The normalized spacial score (nSPS) is 21.0. The topological polar surface area (TPSA) is 73.1 Å². The van der Waals surface area contributed by atoms with E-state index >= 15 is 0 Å². The summed E-state index contributed by atoms with van der Waals surface area (Å²) >= 11 is 0. The number of alkyl halides is 3. The molecule has 1 aliphatic heterocycles. The van der Waals surface area contributed by atoms with E-state index in [1.165, 1.54) is 12.1 Å². The van der Waals surface area contributed by atoms with E-state index in [0.717, 1.165) is 23.9 Å². The number of fused-ring (bicyclic) bond motifs is 2. The van der Waals surface area contributed by atoms with Gasteiger partial charge >= 0.3 is 6.18 Å². The zero-order valence-corrected chi connectivity index (χ0v) is 19.4. The molecule has 0 bridgehead atoms. The molecule has 3 aromatic heterocycles. The minimum Gasteiger partial charge on any atom is -0.491 e. The Morgan fingerprint density at radius 1 is 1.08 bits per heavy atom. The van der Waals surface area contributed by atoms with Gasteiger partial charge < -0.3 is 14.2 Å². The third-order valence-corrected chi connectivity index (χ3v) is 7.21. The van der Waals surface area contributed by atoms with Gasteiger partial charge in [0.15, 0.2) is 11.3 Å². The van der Waals surface area contributed by atoms with Crippen LogP contribution in [0.15, 0.2) is 61.1 Å². The Bertz CT molecular complexity index is 1470. The molecule has 10 heteroatoms. The first-order chi connectivity index (χ1) is 17.3. The van der Waals surface area contributed by atoms with E-state index in [9.17, 15) is 18.0 Å². The van der Waals surface area contributed by atoms with Crippen LogP contribution in [0, 0.1) is 11.3 Å². The highest BCUT2D eigenvalue weighted by atomic mass is 19.4. The number of carbonyl (C=O) groups is 1. The van der Waals surface area contributed by atoms with Gasteiger partial charge in [-0.2, -0.15) is 13.2 Å². The number of hydrogen-bond donors (Lipinski definition) is 0. The molecule has 0 spiro atoms. The highest BCUT2D eigenvalue weighted by Crippen LogP contribution is 2.58. The molecular weight excluding hydrogens is 471 g/mol. The molecule has 2 unspecified atom stereocenters. The van der Waals surface area contributed by atoms with Crippen molar-refractivity contribution in [3.05, 3.63) is 72.3 Å². The number of likely N-dealkylation sites (tertiary alicyclic amines) is 1. The summed E-state index contributed by atoms with van der Waals surface area (Å²) < 4.78 is 47.5. The third-order valence-electron chi connectivity index (χ3n) is 7.21. The number of amides is 1. The zero-order chi connectivity index (χ0) is 25.1. The summed E-state index contributed by atoms with van der Waals surface area (Å²) in [6, 6.07) is 12.3. The fourth-order valence-corrected chi connectivity index (χ4v) is 5.35. The van der Waals surface area contributed by atoms with Gasteiger partial charge in [-0.25, -0.2) is 9.97 Å². The molecule has 0 radical (unpaired) electrons. The number of benzene rings is 1. The number of ether oxygens (including phenoxy) is 1. The highest BCUT2D eigenvalue weighted by Gasteiger charge is 2.61. The molecule has 1 saturated heterocycles. The minimum atomic E-state index is -4.60. The maximum atomic E-state index is 13.9. The number of piperidine rings is 1. The molecular formula is C26H22F3N5O2. The second-order valence-electron chi connectivity index (χ2n) is 9.46. The van der Waals surface area contributed by atoms with E-state index in [-0.39, 0.29) is 29.6 Å². The van der Waals surface area contributed by atoms with Gasteiger partial charge in [-0.1, -0.05) is 30.3 Å². The second kappa shape index (κ2) is 8.04. The van der Waals surface area contributed by atoms with Gasteiger partial charge in [-0.05, 0) is 30.0 Å². The molecule has 4 heterocycles. The first-order valence-corrected chi connectivity index (χ1v) is 11.6. The summed E-state index contributed by atoms with van der Waals surface area (Å²) in [4.78, 5) is 28.0. The van der Waals surface area contributed by atoms with Gasteiger partial charge in [-0.15, -0.1) is 0 Å². The first kappa shape index (κ1) is 22.5. The van der Waals surface area contributed by atoms with Crippen LogP contribution in [-0.4, -0.2) is 50.0 Å². The largest absolute Gasteiger partial charge is 0.491 e. The van der Waals surface area contributed by atoms with Gasteiger partial charge in [0.2, 0.25) is 0 Å². The average molecular weight is 493 g/mol. The van der Waals surface area contributed by atoms with Crippen LogP contribution in [0.4, 0.5) is 13.2 Å². The van der Waals surface area contributed by atoms with E-state index in [1.54, 1.807) is 17.3 Å². The Hall–Kier alpha value is -3.95. The van der Waals surface area contributed by atoms with Crippen molar-refractivity contribution in [3.8, 4) is 17.0 Å². The zero-order valence-electron chi connectivity index (χ0n) is 19.4. The smallest absolute Gasteiger partial charge is 0.437 e. The molecule has 1 saturated carbocycles. The molecule has 7 nitrogen and oxygen atoms in total. The Kier molecular flexibility index (Phi) is 5.03. The van der Waals surface area contributed by atoms with E-state index < -0.39 is 11.9 Å². The molecule has 1 amide bonds. The molecule has 6 rings (SSSR count). The number of hydrogen-bond acceptors (Lipinski definition) is 5. The Labute approximate surface area is 204 Å². The number of carbonyl (C=O) groups excluding carboxylic acids is 1. The van der Waals surface area contributed by atoms with Crippen LogP contribution in [0.2, 0.25) is 0 Å². The fraction of sp³-hybridized carbons (Fsp3) is 0.308. The fourth-order valence-electron chi connectivity index (χ4n) is 5.35. The van der Waals surface area contributed by atoms with Crippen LogP contribution in [-0.2, 0) is 13.2 Å². The highest BCUT2D eigenvalue weighted by molar-refractivity contribution is 6.10.